The quantitative estimate of drug-likeness (QED) is 0.718. The topological polar surface area (TPSA) is 73.6 Å². The van der Waals surface area contributed by atoms with Crippen molar-refractivity contribution >= 4 is 18.3 Å². The van der Waals surface area contributed by atoms with Crippen LogP contribution in [0.3, 0.4) is 0 Å². The molecule has 5 nitrogen and oxygen atoms in total. The Morgan fingerprint density at radius 1 is 1.41 bits per heavy atom. The second-order valence-electron chi connectivity index (χ2n) is 4.94. The van der Waals surface area contributed by atoms with Crippen LogP contribution < -0.4 is 20.5 Å². The molecule has 0 fully saturated rings. The zero-order valence-electron chi connectivity index (χ0n) is 13.3. The molecule has 0 spiro atoms. The van der Waals surface area contributed by atoms with E-state index in [0.717, 1.165) is 11.1 Å². The van der Waals surface area contributed by atoms with E-state index in [9.17, 15) is 4.79 Å². The number of carbonyl (C=O) groups is 1. The number of nitrogens with two attached hydrogens (primary N) is 1. The lowest BCUT2D eigenvalue weighted by atomic mass is 10.1. The first-order chi connectivity index (χ1) is 10.0. The standard InChI is InChI=1S/C16H24N2O3.ClH/c1-5-6-13-8-12(9-14(20-3)16(13)21-4)10-18-15(19)7-11(2)17;/h5,8-9,11H,1,6-7,10,17H2,2-4H3,(H,18,19);1H. The van der Waals surface area contributed by atoms with E-state index < -0.39 is 0 Å². The van der Waals surface area contributed by atoms with Crippen molar-refractivity contribution in [2.75, 3.05) is 14.2 Å². The maximum Gasteiger partial charge on any atom is 0.221 e. The van der Waals surface area contributed by atoms with Crippen LogP contribution in [0, 0.1) is 0 Å². The number of ether oxygens (including phenoxy) is 2. The van der Waals surface area contributed by atoms with Crippen molar-refractivity contribution in [1.29, 1.82) is 0 Å². The van der Waals surface area contributed by atoms with Crippen molar-refractivity contribution in [3.8, 4) is 11.5 Å². The van der Waals surface area contributed by atoms with Gasteiger partial charge in [0, 0.05) is 24.6 Å². The van der Waals surface area contributed by atoms with Crippen LogP contribution in [0.5, 0.6) is 11.5 Å². The van der Waals surface area contributed by atoms with Gasteiger partial charge in [0.1, 0.15) is 0 Å². The highest BCUT2D eigenvalue weighted by molar-refractivity contribution is 5.85. The minimum absolute atomic E-state index is 0. The molecule has 22 heavy (non-hydrogen) atoms. The number of amides is 1. The van der Waals surface area contributed by atoms with E-state index in [2.05, 4.69) is 11.9 Å². The number of hydrogen-bond donors (Lipinski definition) is 2. The zero-order valence-corrected chi connectivity index (χ0v) is 14.2. The maximum absolute atomic E-state index is 11.7. The highest BCUT2D eigenvalue weighted by atomic mass is 35.5. The van der Waals surface area contributed by atoms with Crippen molar-refractivity contribution in [2.45, 2.75) is 32.4 Å². The number of rotatable bonds is 8. The molecule has 3 N–H and O–H groups in total. The van der Waals surface area contributed by atoms with E-state index in [4.69, 9.17) is 15.2 Å². The van der Waals surface area contributed by atoms with Gasteiger partial charge in [-0.25, -0.2) is 0 Å². The van der Waals surface area contributed by atoms with Gasteiger partial charge < -0.3 is 20.5 Å². The largest absolute Gasteiger partial charge is 0.493 e. The summed E-state index contributed by atoms with van der Waals surface area (Å²) in [5, 5.41) is 2.85. The van der Waals surface area contributed by atoms with E-state index in [1.54, 1.807) is 27.2 Å². The Morgan fingerprint density at radius 3 is 2.59 bits per heavy atom. The first kappa shape index (κ1) is 20.3. The number of nitrogens with one attached hydrogen (secondary N) is 1. The second kappa shape index (κ2) is 10.1. The van der Waals surface area contributed by atoms with E-state index in [0.29, 0.717) is 30.9 Å². The fourth-order valence-electron chi connectivity index (χ4n) is 2.08. The molecular weight excluding hydrogens is 304 g/mol. The molecule has 1 aromatic rings. The first-order valence-corrected chi connectivity index (χ1v) is 6.88. The molecule has 0 aromatic heterocycles. The van der Waals surface area contributed by atoms with Gasteiger partial charge in [-0.3, -0.25) is 4.79 Å². The minimum atomic E-state index is -0.147. The molecule has 0 saturated carbocycles. The molecule has 0 aliphatic rings. The summed E-state index contributed by atoms with van der Waals surface area (Å²) in [6.45, 7) is 5.97. The minimum Gasteiger partial charge on any atom is -0.493 e. The Morgan fingerprint density at radius 2 is 2.09 bits per heavy atom. The maximum atomic E-state index is 11.7. The number of hydrogen-bond acceptors (Lipinski definition) is 4. The second-order valence-corrected chi connectivity index (χ2v) is 4.94. The Labute approximate surface area is 138 Å². The summed E-state index contributed by atoms with van der Waals surface area (Å²) >= 11 is 0. The summed E-state index contributed by atoms with van der Waals surface area (Å²) in [6, 6.07) is 3.69. The lowest BCUT2D eigenvalue weighted by Gasteiger charge is -2.15. The molecule has 1 rings (SSSR count). The number of halogens is 1. The molecule has 1 atom stereocenters. The lowest BCUT2D eigenvalue weighted by molar-refractivity contribution is -0.121. The van der Waals surface area contributed by atoms with Crippen molar-refractivity contribution < 1.29 is 14.3 Å². The molecule has 0 aliphatic heterocycles. The van der Waals surface area contributed by atoms with Gasteiger partial charge in [-0.1, -0.05) is 6.08 Å². The van der Waals surface area contributed by atoms with Crippen molar-refractivity contribution in [3.05, 3.63) is 35.9 Å². The molecule has 1 aromatic carbocycles. The third kappa shape index (κ3) is 5.95. The Bertz CT molecular complexity index is 504. The fraction of sp³-hybridized carbons (Fsp3) is 0.438. The van der Waals surface area contributed by atoms with Crippen molar-refractivity contribution in [1.82, 2.24) is 5.32 Å². The van der Waals surface area contributed by atoms with Crippen LogP contribution in [0.4, 0.5) is 0 Å². The van der Waals surface area contributed by atoms with E-state index in [-0.39, 0.29) is 24.4 Å². The Hall–Kier alpha value is -1.72. The Kier molecular flexibility index (Phi) is 9.29. The zero-order chi connectivity index (χ0) is 15.8. The monoisotopic (exact) mass is 328 g/mol. The van der Waals surface area contributed by atoms with Crippen LogP contribution in [0.15, 0.2) is 24.8 Å². The van der Waals surface area contributed by atoms with Gasteiger partial charge in [0.2, 0.25) is 5.91 Å². The van der Waals surface area contributed by atoms with Crippen LogP contribution in [0.2, 0.25) is 0 Å². The molecule has 0 saturated heterocycles. The lowest BCUT2D eigenvalue weighted by Crippen LogP contribution is -2.29. The summed E-state index contributed by atoms with van der Waals surface area (Å²) in [5.74, 6) is 1.28. The van der Waals surface area contributed by atoms with Gasteiger partial charge in [-0.15, -0.1) is 19.0 Å². The van der Waals surface area contributed by atoms with Crippen LogP contribution in [0.1, 0.15) is 24.5 Å². The highest BCUT2D eigenvalue weighted by Crippen LogP contribution is 2.33. The Balaban J connectivity index is 0.00000441. The highest BCUT2D eigenvalue weighted by Gasteiger charge is 2.12. The molecular formula is C16H25ClN2O3. The molecule has 0 bridgehead atoms. The first-order valence-electron chi connectivity index (χ1n) is 6.88. The summed E-state index contributed by atoms with van der Waals surface area (Å²) in [4.78, 5) is 11.7. The molecule has 0 aliphatic carbocycles. The number of carbonyl (C=O) groups excluding carboxylic acids is 1. The van der Waals surface area contributed by atoms with Crippen LogP contribution >= 0.6 is 12.4 Å². The van der Waals surface area contributed by atoms with Gasteiger partial charge in [0.15, 0.2) is 11.5 Å². The summed E-state index contributed by atoms with van der Waals surface area (Å²) in [5.41, 5.74) is 7.52. The average molecular weight is 329 g/mol. The molecule has 1 unspecified atom stereocenters. The van der Waals surface area contributed by atoms with Gasteiger partial charge in [0.05, 0.1) is 14.2 Å². The van der Waals surface area contributed by atoms with Gasteiger partial charge in [0.25, 0.3) is 0 Å². The SMILES string of the molecule is C=CCc1cc(CNC(=O)CC(C)N)cc(OC)c1OC.Cl. The number of benzene rings is 1. The molecule has 0 heterocycles. The summed E-state index contributed by atoms with van der Waals surface area (Å²) in [7, 11) is 3.20. The predicted octanol–water partition coefficient (Wildman–Crippen LogP) is 2.21. The van der Waals surface area contributed by atoms with Crippen LogP contribution in [-0.4, -0.2) is 26.2 Å². The fourth-order valence-corrected chi connectivity index (χ4v) is 2.08. The van der Waals surface area contributed by atoms with Crippen molar-refractivity contribution in [2.24, 2.45) is 5.73 Å². The smallest absolute Gasteiger partial charge is 0.221 e. The van der Waals surface area contributed by atoms with E-state index in [1.165, 1.54) is 0 Å². The molecule has 124 valence electrons. The normalized spacial score (nSPS) is 11.1. The summed E-state index contributed by atoms with van der Waals surface area (Å²) in [6.07, 6.45) is 2.78. The van der Waals surface area contributed by atoms with E-state index >= 15 is 0 Å². The van der Waals surface area contributed by atoms with Crippen LogP contribution in [-0.2, 0) is 17.8 Å². The molecule has 0 radical (unpaired) electrons. The molecule has 6 heteroatoms. The third-order valence-corrected chi connectivity index (χ3v) is 2.98. The third-order valence-electron chi connectivity index (χ3n) is 2.98. The number of methoxy groups -OCH3 is 2. The number of allylic oxidation sites excluding steroid dienone is 1. The summed E-state index contributed by atoms with van der Waals surface area (Å²) < 4.78 is 10.7. The van der Waals surface area contributed by atoms with Crippen molar-refractivity contribution in [3.63, 3.8) is 0 Å². The van der Waals surface area contributed by atoms with Gasteiger partial charge in [-0.2, -0.15) is 0 Å². The van der Waals surface area contributed by atoms with Crippen LogP contribution in [0.25, 0.3) is 0 Å². The average Bonchev–Trinajstić information content (AvgIpc) is 2.44. The van der Waals surface area contributed by atoms with Gasteiger partial charge in [-0.05, 0) is 31.0 Å². The van der Waals surface area contributed by atoms with E-state index in [1.807, 2.05) is 12.1 Å². The van der Waals surface area contributed by atoms with Gasteiger partial charge >= 0.3 is 0 Å². The molecule has 1 amide bonds. The predicted molar refractivity (Wildman–Crippen MR) is 90.8 cm³/mol.